The lowest BCUT2D eigenvalue weighted by atomic mass is 10.1. The molecule has 4 rings (SSSR count). The summed E-state index contributed by atoms with van der Waals surface area (Å²) in [5, 5.41) is 0. The van der Waals surface area contributed by atoms with Gasteiger partial charge >= 0.3 is 0 Å². The summed E-state index contributed by atoms with van der Waals surface area (Å²) >= 11 is 0. The van der Waals surface area contributed by atoms with Crippen molar-refractivity contribution >= 4 is 23.2 Å². The molecule has 0 bridgehead atoms. The zero-order valence-corrected chi connectivity index (χ0v) is 16.4. The summed E-state index contributed by atoms with van der Waals surface area (Å²) in [5.74, 6) is 0.180. The molecule has 2 aliphatic heterocycles. The number of benzene rings is 2. The van der Waals surface area contributed by atoms with Crippen LogP contribution in [-0.4, -0.2) is 50.6 Å². The second-order valence-corrected chi connectivity index (χ2v) is 7.37. The van der Waals surface area contributed by atoms with Crippen molar-refractivity contribution in [1.82, 2.24) is 0 Å². The van der Waals surface area contributed by atoms with Gasteiger partial charge in [0.2, 0.25) is 5.91 Å². The van der Waals surface area contributed by atoms with E-state index in [-0.39, 0.29) is 30.1 Å². The minimum absolute atomic E-state index is 0.135. The molecule has 6 nitrogen and oxygen atoms in total. The minimum atomic E-state index is -0.343. The van der Waals surface area contributed by atoms with Crippen LogP contribution in [0.25, 0.3) is 0 Å². The molecule has 0 saturated carbocycles. The molecule has 1 atom stereocenters. The van der Waals surface area contributed by atoms with E-state index in [1.54, 1.807) is 36.4 Å². The summed E-state index contributed by atoms with van der Waals surface area (Å²) in [5.41, 5.74) is 1.57. The Bertz CT molecular complexity index is 877. The molecular formula is C22H25FN3O3+. The lowest BCUT2D eigenvalue weighted by Crippen LogP contribution is -3.19. The highest BCUT2D eigenvalue weighted by molar-refractivity contribution is 6.21. The average molecular weight is 398 g/mol. The van der Waals surface area contributed by atoms with E-state index in [0.29, 0.717) is 12.3 Å². The Morgan fingerprint density at radius 2 is 1.62 bits per heavy atom. The van der Waals surface area contributed by atoms with Gasteiger partial charge in [0.25, 0.3) is 5.91 Å². The molecule has 0 radical (unpaired) electrons. The van der Waals surface area contributed by atoms with Gasteiger partial charge in [0.1, 0.15) is 11.6 Å². The summed E-state index contributed by atoms with van der Waals surface area (Å²) in [6.45, 7) is 5.53. The van der Waals surface area contributed by atoms with Gasteiger partial charge in [0.05, 0.1) is 44.9 Å². The highest BCUT2D eigenvalue weighted by atomic mass is 19.1. The van der Waals surface area contributed by atoms with Crippen LogP contribution in [0.15, 0.2) is 48.5 Å². The Morgan fingerprint density at radius 3 is 2.24 bits per heavy atom. The number of nitrogens with zero attached hydrogens (tertiary/aromatic N) is 2. The highest BCUT2D eigenvalue weighted by Crippen LogP contribution is 2.25. The molecule has 0 aromatic heterocycles. The van der Waals surface area contributed by atoms with Crippen molar-refractivity contribution in [3.8, 4) is 5.75 Å². The third kappa shape index (κ3) is 3.96. The van der Waals surface area contributed by atoms with Gasteiger partial charge in [-0.25, -0.2) is 9.29 Å². The number of hydrogen-bond donors (Lipinski definition) is 1. The molecule has 1 N–H and O–H groups in total. The number of hydrogen-bond acceptors (Lipinski definition) is 4. The van der Waals surface area contributed by atoms with Crippen molar-refractivity contribution in [3.05, 3.63) is 54.3 Å². The van der Waals surface area contributed by atoms with Crippen LogP contribution >= 0.6 is 0 Å². The molecule has 2 fully saturated rings. The van der Waals surface area contributed by atoms with Crippen LogP contribution in [-0.2, 0) is 9.59 Å². The summed E-state index contributed by atoms with van der Waals surface area (Å²) in [6, 6.07) is 13.2. The van der Waals surface area contributed by atoms with E-state index in [4.69, 9.17) is 4.74 Å². The Balaban J connectivity index is 1.40. The number of ether oxygens (including phenoxy) is 1. The van der Waals surface area contributed by atoms with E-state index in [0.717, 1.165) is 42.5 Å². The zero-order chi connectivity index (χ0) is 20.4. The second-order valence-electron chi connectivity index (χ2n) is 7.37. The zero-order valence-electron chi connectivity index (χ0n) is 16.4. The van der Waals surface area contributed by atoms with Crippen molar-refractivity contribution in [1.29, 1.82) is 0 Å². The summed E-state index contributed by atoms with van der Waals surface area (Å²) in [6.07, 6.45) is 0.234. The summed E-state index contributed by atoms with van der Waals surface area (Å²) in [4.78, 5) is 30.2. The molecule has 2 saturated heterocycles. The molecule has 2 aliphatic rings. The molecule has 152 valence electrons. The maximum Gasteiger partial charge on any atom is 0.292 e. The van der Waals surface area contributed by atoms with Crippen LogP contribution in [0.2, 0.25) is 0 Å². The SMILES string of the molecule is CCOc1ccc(N2C(=O)C[C@H]([NH+]3CCN(c4ccc(F)cc4)CC3)C2=O)cc1. The third-order valence-electron chi connectivity index (χ3n) is 5.64. The first-order chi connectivity index (χ1) is 14.1. The van der Waals surface area contributed by atoms with E-state index in [2.05, 4.69) is 4.90 Å². The first-order valence-electron chi connectivity index (χ1n) is 10.0. The largest absolute Gasteiger partial charge is 0.494 e. The van der Waals surface area contributed by atoms with Crippen LogP contribution in [0.4, 0.5) is 15.8 Å². The van der Waals surface area contributed by atoms with Crippen molar-refractivity contribution in [2.45, 2.75) is 19.4 Å². The maximum atomic E-state index is 13.1. The Kier molecular flexibility index (Phi) is 5.49. The number of nitrogens with one attached hydrogen (secondary N) is 1. The number of imide groups is 1. The molecule has 2 amide bonds. The van der Waals surface area contributed by atoms with Gasteiger partial charge in [-0.1, -0.05) is 0 Å². The fourth-order valence-electron chi connectivity index (χ4n) is 4.13. The molecule has 0 unspecified atom stereocenters. The van der Waals surface area contributed by atoms with Gasteiger partial charge in [0, 0.05) is 5.69 Å². The Hall–Kier alpha value is -2.93. The maximum absolute atomic E-state index is 13.1. The molecule has 7 heteroatoms. The number of anilines is 2. The second kappa shape index (κ2) is 8.21. The normalized spacial score (nSPS) is 20.4. The van der Waals surface area contributed by atoms with E-state index < -0.39 is 0 Å². The predicted octanol–water partition coefficient (Wildman–Crippen LogP) is 1.26. The van der Waals surface area contributed by atoms with Crippen molar-refractivity contribution in [2.24, 2.45) is 0 Å². The molecule has 0 spiro atoms. The number of rotatable bonds is 5. The Labute approximate surface area is 169 Å². The monoisotopic (exact) mass is 398 g/mol. The van der Waals surface area contributed by atoms with Crippen molar-refractivity contribution < 1.29 is 23.6 Å². The summed E-state index contributed by atoms with van der Waals surface area (Å²) in [7, 11) is 0. The number of carbonyl (C=O) groups is 2. The smallest absolute Gasteiger partial charge is 0.292 e. The van der Waals surface area contributed by atoms with Gasteiger partial charge in [0.15, 0.2) is 6.04 Å². The lowest BCUT2D eigenvalue weighted by molar-refractivity contribution is -0.915. The van der Waals surface area contributed by atoms with Crippen LogP contribution < -0.4 is 19.4 Å². The van der Waals surface area contributed by atoms with Crippen LogP contribution in [0.1, 0.15) is 13.3 Å². The predicted molar refractivity (Wildman–Crippen MR) is 108 cm³/mol. The molecule has 29 heavy (non-hydrogen) atoms. The van der Waals surface area contributed by atoms with Gasteiger partial charge in [-0.2, -0.15) is 0 Å². The molecule has 2 aromatic rings. The standard InChI is InChI=1S/C22H24FN3O3/c1-2-29-19-9-7-18(8-10-19)26-21(27)15-20(22(26)28)25-13-11-24(12-14-25)17-5-3-16(23)4-6-17/h3-10,20H,2,11-15H2,1H3/p+1/t20-/m0/s1. The fourth-order valence-corrected chi connectivity index (χ4v) is 4.13. The molecule has 0 aliphatic carbocycles. The van der Waals surface area contributed by atoms with Crippen molar-refractivity contribution in [2.75, 3.05) is 42.6 Å². The summed E-state index contributed by atoms with van der Waals surface area (Å²) < 4.78 is 18.6. The van der Waals surface area contributed by atoms with Crippen LogP contribution in [0.5, 0.6) is 5.75 Å². The lowest BCUT2D eigenvalue weighted by Gasteiger charge is -2.35. The highest BCUT2D eigenvalue weighted by Gasteiger charge is 2.46. The van der Waals surface area contributed by atoms with E-state index in [9.17, 15) is 14.0 Å². The number of amides is 2. The minimum Gasteiger partial charge on any atom is -0.494 e. The van der Waals surface area contributed by atoms with E-state index in [1.165, 1.54) is 17.0 Å². The average Bonchev–Trinajstić information content (AvgIpc) is 3.04. The van der Waals surface area contributed by atoms with Crippen LogP contribution in [0, 0.1) is 5.82 Å². The molecule has 2 heterocycles. The quantitative estimate of drug-likeness (QED) is 0.771. The number of halogens is 1. The first-order valence-corrected chi connectivity index (χ1v) is 10.0. The number of piperazine rings is 1. The fraction of sp³-hybridized carbons (Fsp3) is 0.364. The Morgan fingerprint density at radius 1 is 1.00 bits per heavy atom. The van der Waals surface area contributed by atoms with Crippen LogP contribution in [0.3, 0.4) is 0 Å². The van der Waals surface area contributed by atoms with E-state index >= 15 is 0 Å². The van der Waals surface area contributed by atoms with Gasteiger partial charge in [-0.15, -0.1) is 0 Å². The van der Waals surface area contributed by atoms with Crippen molar-refractivity contribution in [3.63, 3.8) is 0 Å². The first kappa shape index (κ1) is 19.4. The number of carbonyl (C=O) groups excluding carboxylic acids is 2. The third-order valence-corrected chi connectivity index (χ3v) is 5.64. The topological polar surface area (TPSA) is 54.3 Å². The van der Waals surface area contributed by atoms with Gasteiger partial charge in [-0.05, 0) is 55.5 Å². The van der Waals surface area contributed by atoms with E-state index in [1.807, 2.05) is 6.92 Å². The van der Waals surface area contributed by atoms with Gasteiger partial charge < -0.3 is 14.5 Å². The number of quaternary nitrogens is 1. The molecular weight excluding hydrogens is 373 g/mol. The van der Waals surface area contributed by atoms with Gasteiger partial charge in [-0.3, -0.25) is 9.59 Å². The molecule has 2 aromatic carbocycles.